The van der Waals surface area contributed by atoms with E-state index in [-0.39, 0.29) is 30.7 Å². The molecule has 1 atom stereocenters. The first kappa shape index (κ1) is 23.2. The van der Waals surface area contributed by atoms with Gasteiger partial charge in [-0.2, -0.15) is 0 Å². The molecule has 0 radical (unpaired) electrons. The molecule has 7 heteroatoms. The molecule has 0 bridgehead atoms. The number of carbonyl (C=O) groups is 2. The highest BCUT2D eigenvalue weighted by Gasteiger charge is 2.27. The first-order valence-corrected chi connectivity index (χ1v) is 10.2. The van der Waals surface area contributed by atoms with Crippen LogP contribution in [0.2, 0.25) is 10.0 Å². The standard InChI is InChI=1S/C22H25Cl2FN2O2/c1-14(2)12-26-22(29)15(3)27(13-17-6-4-5-7-20(17)25)21(28)10-16-8-9-18(23)11-19(16)24/h4-9,11,14-15H,10,12-13H2,1-3H3,(H,26,29)/t15-/m1/s1. The molecular weight excluding hydrogens is 414 g/mol. The van der Waals surface area contributed by atoms with Crippen molar-refractivity contribution in [2.45, 2.75) is 39.8 Å². The Morgan fingerprint density at radius 3 is 2.38 bits per heavy atom. The molecule has 0 saturated carbocycles. The fraction of sp³-hybridized carbons (Fsp3) is 0.364. The number of amides is 2. The molecule has 0 aliphatic carbocycles. The van der Waals surface area contributed by atoms with Crippen molar-refractivity contribution in [2.24, 2.45) is 5.92 Å². The average molecular weight is 439 g/mol. The molecule has 0 unspecified atom stereocenters. The van der Waals surface area contributed by atoms with Crippen LogP contribution >= 0.6 is 23.2 Å². The van der Waals surface area contributed by atoms with Crippen LogP contribution in [-0.2, 0) is 22.6 Å². The molecule has 0 aliphatic rings. The van der Waals surface area contributed by atoms with Crippen LogP contribution in [0.4, 0.5) is 4.39 Å². The van der Waals surface area contributed by atoms with Crippen molar-refractivity contribution in [2.75, 3.05) is 6.54 Å². The molecular formula is C22H25Cl2FN2O2. The minimum Gasteiger partial charge on any atom is -0.354 e. The molecule has 2 rings (SSSR count). The van der Waals surface area contributed by atoms with Gasteiger partial charge >= 0.3 is 0 Å². The normalized spacial score (nSPS) is 12.0. The van der Waals surface area contributed by atoms with E-state index in [1.165, 1.54) is 11.0 Å². The summed E-state index contributed by atoms with van der Waals surface area (Å²) in [7, 11) is 0. The van der Waals surface area contributed by atoms with Gasteiger partial charge in [-0.3, -0.25) is 9.59 Å². The second-order valence-electron chi connectivity index (χ2n) is 7.34. The maximum absolute atomic E-state index is 14.2. The third kappa shape index (κ3) is 6.72. The Morgan fingerprint density at radius 1 is 1.07 bits per heavy atom. The van der Waals surface area contributed by atoms with Crippen molar-refractivity contribution in [3.8, 4) is 0 Å². The molecule has 0 saturated heterocycles. The maximum atomic E-state index is 14.2. The lowest BCUT2D eigenvalue weighted by Gasteiger charge is -2.29. The summed E-state index contributed by atoms with van der Waals surface area (Å²) in [5.41, 5.74) is 0.931. The van der Waals surface area contributed by atoms with Gasteiger partial charge in [-0.25, -0.2) is 4.39 Å². The van der Waals surface area contributed by atoms with Gasteiger partial charge in [-0.1, -0.05) is 61.3 Å². The third-order valence-corrected chi connectivity index (χ3v) is 5.09. The van der Waals surface area contributed by atoms with Crippen molar-refractivity contribution in [1.82, 2.24) is 10.2 Å². The van der Waals surface area contributed by atoms with Gasteiger partial charge in [0, 0.05) is 28.7 Å². The van der Waals surface area contributed by atoms with E-state index in [4.69, 9.17) is 23.2 Å². The Kier molecular flexibility index (Phi) is 8.47. The smallest absolute Gasteiger partial charge is 0.242 e. The number of nitrogens with zero attached hydrogens (tertiary/aromatic N) is 1. The van der Waals surface area contributed by atoms with E-state index < -0.39 is 11.9 Å². The number of benzene rings is 2. The van der Waals surface area contributed by atoms with E-state index in [1.54, 1.807) is 43.3 Å². The fourth-order valence-corrected chi connectivity index (χ4v) is 3.25. The first-order chi connectivity index (χ1) is 13.7. The molecule has 0 aromatic heterocycles. The molecule has 0 spiro atoms. The molecule has 1 N–H and O–H groups in total. The Labute approximate surface area is 181 Å². The van der Waals surface area contributed by atoms with Crippen molar-refractivity contribution >= 4 is 35.0 Å². The van der Waals surface area contributed by atoms with Gasteiger partial charge in [0.15, 0.2) is 0 Å². The van der Waals surface area contributed by atoms with Crippen LogP contribution in [0.5, 0.6) is 0 Å². The van der Waals surface area contributed by atoms with E-state index in [0.717, 1.165) is 0 Å². The molecule has 4 nitrogen and oxygen atoms in total. The van der Waals surface area contributed by atoms with Crippen LogP contribution < -0.4 is 5.32 Å². The van der Waals surface area contributed by atoms with Gasteiger partial charge in [0.1, 0.15) is 11.9 Å². The highest BCUT2D eigenvalue weighted by Crippen LogP contribution is 2.23. The Morgan fingerprint density at radius 2 is 1.76 bits per heavy atom. The molecule has 2 aromatic carbocycles. The number of rotatable bonds is 8. The van der Waals surface area contributed by atoms with Gasteiger partial charge in [0.25, 0.3) is 0 Å². The van der Waals surface area contributed by atoms with Crippen LogP contribution in [0.3, 0.4) is 0 Å². The SMILES string of the molecule is CC(C)CNC(=O)[C@@H](C)N(Cc1ccccc1F)C(=O)Cc1ccc(Cl)cc1Cl. The summed E-state index contributed by atoms with van der Waals surface area (Å²) in [5, 5.41) is 3.67. The summed E-state index contributed by atoms with van der Waals surface area (Å²) in [4.78, 5) is 27.0. The molecule has 156 valence electrons. The summed E-state index contributed by atoms with van der Waals surface area (Å²) in [6.45, 7) is 6.07. The van der Waals surface area contributed by atoms with Gasteiger partial charge < -0.3 is 10.2 Å². The molecule has 0 heterocycles. The zero-order chi connectivity index (χ0) is 21.6. The zero-order valence-electron chi connectivity index (χ0n) is 16.7. The minimum absolute atomic E-state index is 0.0209. The second kappa shape index (κ2) is 10.6. The highest BCUT2D eigenvalue weighted by atomic mass is 35.5. The van der Waals surface area contributed by atoms with Crippen LogP contribution in [0, 0.1) is 11.7 Å². The highest BCUT2D eigenvalue weighted by molar-refractivity contribution is 6.35. The predicted molar refractivity (Wildman–Crippen MR) is 114 cm³/mol. The summed E-state index contributed by atoms with van der Waals surface area (Å²) < 4.78 is 14.2. The third-order valence-electron chi connectivity index (χ3n) is 4.51. The first-order valence-electron chi connectivity index (χ1n) is 9.43. The number of hydrogen-bond acceptors (Lipinski definition) is 2. The van der Waals surface area contributed by atoms with Gasteiger partial charge in [0.05, 0.1) is 6.42 Å². The van der Waals surface area contributed by atoms with Crippen molar-refractivity contribution in [3.05, 3.63) is 69.5 Å². The summed E-state index contributed by atoms with van der Waals surface area (Å²) >= 11 is 12.1. The van der Waals surface area contributed by atoms with Crippen molar-refractivity contribution < 1.29 is 14.0 Å². The largest absolute Gasteiger partial charge is 0.354 e. The molecule has 2 amide bonds. The monoisotopic (exact) mass is 438 g/mol. The van der Waals surface area contributed by atoms with Crippen LogP contribution in [-0.4, -0.2) is 29.3 Å². The predicted octanol–water partition coefficient (Wildman–Crippen LogP) is 4.86. The Hall–Kier alpha value is -2.11. The van der Waals surface area contributed by atoms with Gasteiger partial charge in [0.2, 0.25) is 11.8 Å². The molecule has 0 aliphatic heterocycles. The van der Waals surface area contributed by atoms with E-state index in [9.17, 15) is 14.0 Å². The number of nitrogens with one attached hydrogen (secondary N) is 1. The fourth-order valence-electron chi connectivity index (χ4n) is 2.77. The van der Waals surface area contributed by atoms with Crippen LogP contribution in [0.25, 0.3) is 0 Å². The van der Waals surface area contributed by atoms with E-state index in [1.807, 2.05) is 13.8 Å². The Balaban J connectivity index is 2.26. The number of carbonyl (C=O) groups excluding carboxylic acids is 2. The lowest BCUT2D eigenvalue weighted by Crippen LogP contribution is -2.48. The van der Waals surface area contributed by atoms with Crippen LogP contribution in [0.1, 0.15) is 31.9 Å². The average Bonchev–Trinajstić information content (AvgIpc) is 2.67. The maximum Gasteiger partial charge on any atom is 0.242 e. The number of hydrogen-bond donors (Lipinski definition) is 1. The van der Waals surface area contributed by atoms with Gasteiger partial charge in [-0.15, -0.1) is 0 Å². The van der Waals surface area contributed by atoms with Gasteiger partial charge in [-0.05, 0) is 36.6 Å². The topological polar surface area (TPSA) is 49.4 Å². The minimum atomic E-state index is -0.771. The van der Waals surface area contributed by atoms with E-state index >= 15 is 0 Å². The lowest BCUT2D eigenvalue weighted by atomic mass is 10.1. The summed E-state index contributed by atoms with van der Waals surface area (Å²) in [6.07, 6.45) is -0.0216. The summed E-state index contributed by atoms with van der Waals surface area (Å²) in [6, 6.07) is 10.3. The summed E-state index contributed by atoms with van der Waals surface area (Å²) in [5.74, 6) is -0.769. The molecule has 2 aromatic rings. The van der Waals surface area contributed by atoms with E-state index in [0.29, 0.717) is 27.7 Å². The van der Waals surface area contributed by atoms with E-state index in [2.05, 4.69) is 5.32 Å². The zero-order valence-corrected chi connectivity index (χ0v) is 18.2. The van der Waals surface area contributed by atoms with Crippen LogP contribution in [0.15, 0.2) is 42.5 Å². The lowest BCUT2D eigenvalue weighted by molar-refractivity contribution is -0.140. The van der Waals surface area contributed by atoms with Crippen molar-refractivity contribution in [3.63, 3.8) is 0 Å². The quantitative estimate of drug-likeness (QED) is 0.639. The molecule has 29 heavy (non-hydrogen) atoms. The number of halogens is 3. The molecule has 0 fully saturated rings. The van der Waals surface area contributed by atoms with Crippen molar-refractivity contribution in [1.29, 1.82) is 0 Å². The second-order valence-corrected chi connectivity index (χ2v) is 8.18. The Bertz CT molecular complexity index is 874.